The summed E-state index contributed by atoms with van der Waals surface area (Å²) in [4.78, 5) is 14.8. The first-order chi connectivity index (χ1) is 13.5. The van der Waals surface area contributed by atoms with Gasteiger partial charge in [0, 0.05) is 31.5 Å². The number of rotatable bonds is 3. The minimum atomic E-state index is -0.462. The largest absolute Gasteiger partial charge is 0.425 e. The molecule has 0 radical (unpaired) electrons. The Balaban J connectivity index is 1.39. The third kappa shape index (κ3) is 2.62. The summed E-state index contributed by atoms with van der Waals surface area (Å²) in [6.07, 6.45) is 0. The van der Waals surface area contributed by atoms with Gasteiger partial charge in [0.05, 0.1) is 24.3 Å². The van der Waals surface area contributed by atoms with Gasteiger partial charge in [0.15, 0.2) is 0 Å². The number of carbonyl (C=O) groups is 1. The number of carbonyl (C=O) groups excluding carboxylic acids is 1. The average Bonchev–Trinajstić information content (AvgIpc) is 3.44. The van der Waals surface area contributed by atoms with E-state index >= 15 is 0 Å². The molecule has 0 aliphatic carbocycles. The van der Waals surface area contributed by atoms with Gasteiger partial charge in [0.25, 0.3) is 5.91 Å². The van der Waals surface area contributed by atoms with Crippen LogP contribution in [0.5, 0.6) is 0 Å². The van der Waals surface area contributed by atoms with E-state index in [9.17, 15) is 9.18 Å². The van der Waals surface area contributed by atoms with Crippen molar-refractivity contribution in [2.45, 2.75) is 12.3 Å². The van der Waals surface area contributed by atoms with E-state index in [0.29, 0.717) is 49.5 Å². The molecule has 0 bridgehead atoms. The second-order valence-electron chi connectivity index (χ2n) is 7.35. The van der Waals surface area contributed by atoms with Crippen molar-refractivity contribution >= 4 is 5.91 Å². The maximum atomic E-state index is 13.1. The molecule has 2 aromatic heterocycles. The number of benzene rings is 1. The molecule has 0 saturated carbocycles. The van der Waals surface area contributed by atoms with Crippen molar-refractivity contribution in [3.05, 3.63) is 53.6 Å². The molecule has 2 fully saturated rings. The van der Waals surface area contributed by atoms with Crippen LogP contribution >= 0.6 is 0 Å². The maximum absolute atomic E-state index is 13.1. The lowest BCUT2D eigenvalue weighted by atomic mass is 9.81. The van der Waals surface area contributed by atoms with Gasteiger partial charge < -0.3 is 14.1 Å². The van der Waals surface area contributed by atoms with E-state index in [-0.39, 0.29) is 17.6 Å². The molecule has 0 unspecified atom stereocenters. The lowest BCUT2D eigenvalue weighted by Crippen LogP contribution is -2.37. The third-order valence-electron chi connectivity index (χ3n) is 5.56. The summed E-state index contributed by atoms with van der Waals surface area (Å²) in [5.41, 5.74) is 1.25. The molecule has 2 aliphatic heterocycles. The molecule has 8 nitrogen and oxygen atoms in total. The predicted octanol–water partition coefficient (Wildman–Crippen LogP) is 1.95. The molecule has 3 aromatic rings. The number of aromatic amines is 1. The highest BCUT2D eigenvalue weighted by Crippen LogP contribution is 2.43. The van der Waals surface area contributed by atoms with Crippen LogP contribution in [0.1, 0.15) is 22.3 Å². The molecule has 0 spiro atoms. The van der Waals surface area contributed by atoms with E-state index in [0.717, 1.165) is 5.56 Å². The molecule has 144 valence electrons. The van der Waals surface area contributed by atoms with Crippen LogP contribution < -0.4 is 0 Å². The van der Waals surface area contributed by atoms with Gasteiger partial charge in [-0.25, -0.2) is 4.39 Å². The molecular formula is C19H18FN5O3. The van der Waals surface area contributed by atoms with Gasteiger partial charge in [0.2, 0.25) is 11.8 Å². The third-order valence-corrected chi connectivity index (χ3v) is 5.56. The second kappa shape index (κ2) is 6.23. The summed E-state index contributed by atoms with van der Waals surface area (Å²) in [6.45, 7) is 3.74. The lowest BCUT2D eigenvalue weighted by molar-refractivity contribution is 0.0732. The van der Waals surface area contributed by atoms with Crippen LogP contribution in [0.15, 0.2) is 34.7 Å². The van der Waals surface area contributed by atoms with Gasteiger partial charge in [-0.05, 0) is 30.3 Å². The summed E-state index contributed by atoms with van der Waals surface area (Å²) in [6, 6.07) is 7.67. The summed E-state index contributed by atoms with van der Waals surface area (Å²) in [5, 5.41) is 15.1. The molecule has 28 heavy (non-hydrogen) atoms. The first-order valence-corrected chi connectivity index (χ1v) is 9.04. The number of hydrogen-bond donors (Lipinski definition) is 1. The Labute approximate surface area is 159 Å². The Morgan fingerprint density at radius 3 is 2.89 bits per heavy atom. The zero-order valence-corrected chi connectivity index (χ0v) is 15.2. The average molecular weight is 383 g/mol. The topological polar surface area (TPSA) is 97.1 Å². The number of fused-ring (bicyclic) bond motifs is 1. The quantitative estimate of drug-likeness (QED) is 0.743. The summed E-state index contributed by atoms with van der Waals surface area (Å²) in [5.74, 6) is 0.668. The number of aromatic nitrogens is 4. The molecule has 1 aromatic carbocycles. The van der Waals surface area contributed by atoms with Crippen molar-refractivity contribution < 1.29 is 18.3 Å². The highest BCUT2D eigenvalue weighted by atomic mass is 19.1. The lowest BCUT2D eigenvalue weighted by Gasteiger charge is -2.22. The number of halogens is 1. The fraction of sp³-hybridized carbons (Fsp3) is 0.368. The van der Waals surface area contributed by atoms with Crippen LogP contribution in [0.2, 0.25) is 0 Å². The minimum Gasteiger partial charge on any atom is -0.425 e. The van der Waals surface area contributed by atoms with Crippen LogP contribution in [0.25, 0.3) is 11.3 Å². The van der Waals surface area contributed by atoms with Crippen LogP contribution in [0.3, 0.4) is 0 Å². The van der Waals surface area contributed by atoms with E-state index in [2.05, 4.69) is 20.4 Å². The number of H-pyrrole nitrogens is 1. The second-order valence-corrected chi connectivity index (χ2v) is 7.35. The Kier molecular flexibility index (Phi) is 3.80. The number of ether oxygens (including phenoxy) is 1. The summed E-state index contributed by atoms with van der Waals surface area (Å²) in [7, 11) is 0. The van der Waals surface area contributed by atoms with Crippen LogP contribution in [0.4, 0.5) is 4.39 Å². The van der Waals surface area contributed by atoms with Crippen molar-refractivity contribution in [2.24, 2.45) is 5.92 Å². The predicted molar refractivity (Wildman–Crippen MR) is 94.9 cm³/mol. The number of likely N-dealkylation sites (tertiary alicyclic amines) is 1. The summed E-state index contributed by atoms with van der Waals surface area (Å²) >= 11 is 0. The molecule has 2 aliphatic rings. The monoisotopic (exact) mass is 383 g/mol. The van der Waals surface area contributed by atoms with Crippen molar-refractivity contribution in [3.8, 4) is 11.3 Å². The van der Waals surface area contributed by atoms with Crippen molar-refractivity contribution in [1.29, 1.82) is 0 Å². The molecular weight excluding hydrogens is 365 g/mol. The fourth-order valence-electron chi connectivity index (χ4n) is 4.06. The van der Waals surface area contributed by atoms with Crippen LogP contribution in [-0.4, -0.2) is 57.5 Å². The molecule has 1 N–H and O–H groups in total. The van der Waals surface area contributed by atoms with Crippen LogP contribution in [-0.2, 0) is 10.2 Å². The Morgan fingerprint density at radius 1 is 1.32 bits per heavy atom. The Bertz CT molecular complexity index is 1030. The maximum Gasteiger partial charge on any atom is 0.271 e. The molecule has 2 saturated heterocycles. The number of nitrogens with one attached hydrogen (secondary N) is 1. The number of aryl methyl sites for hydroxylation is 1. The van der Waals surface area contributed by atoms with Crippen molar-refractivity contribution in [2.75, 3.05) is 26.3 Å². The zero-order chi connectivity index (χ0) is 19.3. The van der Waals surface area contributed by atoms with E-state index in [1.54, 1.807) is 30.0 Å². The van der Waals surface area contributed by atoms with E-state index < -0.39 is 5.41 Å². The van der Waals surface area contributed by atoms with Crippen molar-refractivity contribution in [1.82, 2.24) is 25.3 Å². The SMILES string of the molecule is Cc1nnc([C@]23COC[C@H]2CN(C(=O)c2cc(-c4ccc(F)cc4)n[nH]2)C3)o1. The van der Waals surface area contributed by atoms with E-state index in [4.69, 9.17) is 9.15 Å². The van der Waals surface area contributed by atoms with Gasteiger partial charge in [-0.2, -0.15) is 5.10 Å². The number of amides is 1. The highest BCUT2D eigenvalue weighted by Gasteiger charge is 2.56. The zero-order valence-electron chi connectivity index (χ0n) is 15.2. The summed E-state index contributed by atoms with van der Waals surface area (Å²) < 4.78 is 24.5. The van der Waals surface area contributed by atoms with Crippen molar-refractivity contribution in [3.63, 3.8) is 0 Å². The Morgan fingerprint density at radius 2 is 2.14 bits per heavy atom. The minimum absolute atomic E-state index is 0.107. The molecule has 1 amide bonds. The first kappa shape index (κ1) is 17.1. The molecule has 9 heteroatoms. The fourth-order valence-corrected chi connectivity index (χ4v) is 4.06. The normalized spacial score (nSPS) is 23.9. The number of nitrogens with zero attached hydrogens (tertiary/aromatic N) is 4. The molecule has 2 atom stereocenters. The Hall–Kier alpha value is -3.07. The van der Waals surface area contributed by atoms with E-state index in [1.807, 2.05) is 0 Å². The molecule has 5 rings (SSSR count). The van der Waals surface area contributed by atoms with Gasteiger partial charge in [-0.3, -0.25) is 9.89 Å². The van der Waals surface area contributed by atoms with Gasteiger partial charge in [-0.1, -0.05) is 0 Å². The first-order valence-electron chi connectivity index (χ1n) is 9.04. The van der Waals surface area contributed by atoms with Gasteiger partial charge in [-0.15, -0.1) is 10.2 Å². The van der Waals surface area contributed by atoms with Crippen LogP contribution in [0, 0.1) is 18.7 Å². The van der Waals surface area contributed by atoms with Gasteiger partial charge in [0.1, 0.15) is 11.5 Å². The highest BCUT2D eigenvalue weighted by molar-refractivity contribution is 5.93. The molecule has 4 heterocycles. The number of hydrogen-bond acceptors (Lipinski definition) is 6. The van der Waals surface area contributed by atoms with E-state index in [1.165, 1.54) is 12.1 Å². The van der Waals surface area contributed by atoms with Gasteiger partial charge >= 0.3 is 0 Å². The smallest absolute Gasteiger partial charge is 0.271 e. The standard InChI is InChI=1S/C19H18FN5O3/c1-11-21-24-18(28-11)19-9-25(7-13(19)8-27-10-19)17(26)16-6-15(22-23-16)12-2-4-14(20)5-3-12/h2-6,13H,7-10H2,1H3,(H,22,23)/t13-,19-/m1/s1.